The van der Waals surface area contributed by atoms with Gasteiger partial charge in [-0.05, 0) is 78.2 Å². The zero-order chi connectivity index (χ0) is 32.3. The summed E-state index contributed by atoms with van der Waals surface area (Å²) in [5.41, 5.74) is 5.50. The lowest BCUT2D eigenvalue weighted by molar-refractivity contribution is -0.884. The fraction of sp³-hybridized carbons (Fsp3) is 0.351. The van der Waals surface area contributed by atoms with E-state index in [1.807, 2.05) is 25.1 Å². The van der Waals surface area contributed by atoms with Crippen LogP contribution >= 0.6 is 0 Å². The topological polar surface area (TPSA) is 57.0 Å². The van der Waals surface area contributed by atoms with Crippen LogP contribution in [0.15, 0.2) is 94.7 Å². The third-order valence-corrected chi connectivity index (χ3v) is 9.80. The maximum atomic E-state index is 13.1. The van der Waals surface area contributed by atoms with Crippen molar-refractivity contribution in [2.24, 2.45) is 0 Å². The highest BCUT2D eigenvalue weighted by atomic mass is 32.2. The predicted octanol–water partition coefficient (Wildman–Crippen LogP) is 5.85. The van der Waals surface area contributed by atoms with Crippen molar-refractivity contribution in [1.29, 1.82) is 0 Å². The van der Waals surface area contributed by atoms with Crippen molar-refractivity contribution in [2.45, 2.75) is 48.9 Å². The van der Waals surface area contributed by atoms with Gasteiger partial charge in [0, 0.05) is 17.4 Å². The van der Waals surface area contributed by atoms with Crippen LogP contribution in [0.25, 0.3) is 0 Å². The van der Waals surface area contributed by atoms with Crippen LogP contribution in [0.2, 0.25) is 0 Å². The normalized spacial score (nSPS) is 12.4. The van der Waals surface area contributed by atoms with Gasteiger partial charge in [-0.1, -0.05) is 49.7 Å². The molecule has 7 heteroatoms. The highest BCUT2D eigenvalue weighted by Crippen LogP contribution is 2.38. The predicted molar refractivity (Wildman–Crippen MR) is 178 cm³/mol. The van der Waals surface area contributed by atoms with Gasteiger partial charge in [-0.15, -0.1) is 0 Å². The summed E-state index contributed by atoms with van der Waals surface area (Å²) < 4.78 is 39.1. The van der Waals surface area contributed by atoms with E-state index in [2.05, 4.69) is 79.4 Å². The molecule has 0 aliphatic rings. The Hall–Kier alpha value is -3.65. The summed E-state index contributed by atoms with van der Waals surface area (Å²) >= 11 is 0. The highest BCUT2D eigenvalue weighted by molar-refractivity contribution is 7.91. The average molecular weight is 617 g/mol. The van der Waals surface area contributed by atoms with Crippen molar-refractivity contribution < 1.29 is 27.3 Å². The van der Waals surface area contributed by atoms with Gasteiger partial charge in [-0.3, -0.25) is 0 Å². The molecule has 0 radical (unpaired) electrons. The number of rotatable bonds is 12. The van der Waals surface area contributed by atoms with Crippen LogP contribution in [-0.2, 0) is 28.2 Å². The Labute approximate surface area is 264 Å². The number of nitrogens with one attached hydrogen (secondary N) is 1. The van der Waals surface area contributed by atoms with E-state index in [4.69, 9.17) is 9.47 Å². The number of sulfone groups is 1. The minimum atomic E-state index is -3.61. The Bertz CT molecular complexity index is 1690. The van der Waals surface area contributed by atoms with E-state index in [9.17, 15) is 8.42 Å². The zero-order valence-electron chi connectivity index (χ0n) is 27.7. The molecule has 0 saturated heterocycles. The SMILES string of the molecule is COc1ccc(C(C)(C)c2ccc(Oc3ccc(S(=O)(=O)c4ccc(C)cc4)cc3)c(C[N+](C)(C)C)c2)cc1CC[NH+](C)C. The maximum Gasteiger partial charge on any atom is 0.206 e. The van der Waals surface area contributed by atoms with Crippen molar-refractivity contribution in [3.8, 4) is 17.2 Å². The van der Waals surface area contributed by atoms with E-state index in [-0.39, 0.29) is 15.2 Å². The van der Waals surface area contributed by atoms with Gasteiger partial charge in [0.1, 0.15) is 23.8 Å². The van der Waals surface area contributed by atoms with Crippen LogP contribution in [0.3, 0.4) is 0 Å². The molecule has 44 heavy (non-hydrogen) atoms. The third-order valence-electron chi connectivity index (χ3n) is 8.02. The molecule has 0 heterocycles. The first-order valence-corrected chi connectivity index (χ1v) is 16.6. The molecule has 4 rings (SSSR count). The van der Waals surface area contributed by atoms with Crippen molar-refractivity contribution in [1.82, 2.24) is 0 Å². The summed E-state index contributed by atoms with van der Waals surface area (Å²) in [5, 5.41) is 0. The number of aryl methyl sites for hydroxylation is 1. The second-order valence-electron chi connectivity index (χ2n) is 13.5. The Morgan fingerprint density at radius 2 is 1.27 bits per heavy atom. The summed E-state index contributed by atoms with van der Waals surface area (Å²) in [7, 11) is 8.95. The van der Waals surface area contributed by atoms with Gasteiger partial charge < -0.3 is 18.9 Å². The molecule has 4 aromatic rings. The maximum absolute atomic E-state index is 13.1. The van der Waals surface area contributed by atoms with Crippen molar-refractivity contribution in [3.63, 3.8) is 0 Å². The fourth-order valence-electron chi connectivity index (χ4n) is 5.28. The van der Waals surface area contributed by atoms with E-state index in [1.54, 1.807) is 43.5 Å². The first kappa shape index (κ1) is 33.2. The summed E-state index contributed by atoms with van der Waals surface area (Å²) in [6, 6.07) is 26.6. The smallest absolute Gasteiger partial charge is 0.206 e. The molecule has 0 spiro atoms. The summed E-state index contributed by atoms with van der Waals surface area (Å²) in [6.45, 7) is 8.24. The monoisotopic (exact) mass is 616 g/mol. The molecule has 0 bridgehead atoms. The quantitative estimate of drug-likeness (QED) is 0.203. The van der Waals surface area contributed by atoms with Crippen LogP contribution in [0, 0.1) is 6.92 Å². The van der Waals surface area contributed by atoms with Gasteiger partial charge in [0.15, 0.2) is 0 Å². The van der Waals surface area contributed by atoms with Gasteiger partial charge in [-0.2, -0.15) is 0 Å². The molecule has 0 aromatic heterocycles. The number of nitrogens with zero attached hydrogens (tertiary/aromatic N) is 1. The number of hydrogen-bond donors (Lipinski definition) is 1. The van der Waals surface area contributed by atoms with Crippen molar-refractivity contribution in [2.75, 3.05) is 48.9 Å². The number of quaternary nitrogens is 2. The Kier molecular flexibility index (Phi) is 9.93. The van der Waals surface area contributed by atoms with Crippen LogP contribution in [0.1, 0.15) is 41.7 Å². The van der Waals surface area contributed by atoms with Gasteiger partial charge in [0.25, 0.3) is 0 Å². The van der Waals surface area contributed by atoms with Crippen molar-refractivity contribution in [3.05, 3.63) is 113 Å². The van der Waals surface area contributed by atoms with Crippen LogP contribution in [0.4, 0.5) is 0 Å². The first-order chi connectivity index (χ1) is 20.6. The zero-order valence-corrected chi connectivity index (χ0v) is 28.5. The molecule has 0 amide bonds. The molecule has 4 aromatic carbocycles. The Morgan fingerprint density at radius 3 is 1.80 bits per heavy atom. The number of benzene rings is 4. The van der Waals surface area contributed by atoms with E-state index in [0.29, 0.717) is 5.75 Å². The van der Waals surface area contributed by atoms with Gasteiger partial charge in [-0.25, -0.2) is 8.42 Å². The van der Waals surface area contributed by atoms with Crippen LogP contribution < -0.4 is 14.4 Å². The van der Waals surface area contributed by atoms with Gasteiger partial charge in [0.05, 0.1) is 58.7 Å². The minimum absolute atomic E-state index is 0.239. The molecule has 0 unspecified atom stereocenters. The van der Waals surface area contributed by atoms with Gasteiger partial charge >= 0.3 is 0 Å². The van der Waals surface area contributed by atoms with Crippen LogP contribution in [-0.4, -0.2) is 61.8 Å². The van der Waals surface area contributed by atoms with E-state index in [0.717, 1.165) is 46.6 Å². The molecule has 234 valence electrons. The largest absolute Gasteiger partial charge is 0.496 e. The molecule has 0 atom stereocenters. The van der Waals surface area contributed by atoms with Crippen LogP contribution in [0.5, 0.6) is 17.2 Å². The average Bonchev–Trinajstić information content (AvgIpc) is 2.96. The van der Waals surface area contributed by atoms with Crippen molar-refractivity contribution >= 4 is 9.84 Å². The van der Waals surface area contributed by atoms with E-state index < -0.39 is 9.84 Å². The second-order valence-corrected chi connectivity index (χ2v) is 15.5. The second kappa shape index (κ2) is 13.1. The highest BCUT2D eigenvalue weighted by Gasteiger charge is 2.27. The third kappa shape index (κ3) is 7.89. The first-order valence-electron chi connectivity index (χ1n) is 15.1. The number of methoxy groups -OCH3 is 1. The van der Waals surface area contributed by atoms with E-state index in [1.165, 1.54) is 21.6 Å². The molecule has 6 nitrogen and oxygen atoms in total. The molecule has 0 saturated carbocycles. The Morgan fingerprint density at radius 1 is 0.750 bits per heavy atom. The lowest BCUT2D eigenvalue weighted by Gasteiger charge is -2.30. The van der Waals surface area contributed by atoms with E-state index >= 15 is 0 Å². The summed E-state index contributed by atoms with van der Waals surface area (Å²) in [6.07, 6.45) is 0.945. The summed E-state index contributed by atoms with van der Waals surface area (Å²) in [4.78, 5) is 1.92. The molecule has 0 aliphatic carbocycles. The summed E-state index contributed by atoms with van der Waals surface area (Å²) in [5.74, 6) is 2.28. The lowest BCUT2D eigenvalue weighted by atomic mass is 9.77. The fourth-order valence-corrected chi connectivity index (χ4v) is 6.54. The standard InChI is InChI=1S/C37H47N2O4S/c1-27-10-16-33(17-11-27)44(40,41)34-18-14-32(15-19-34)43-36-21-13-31(25-29(36)26-39(6,7)8)37(2,3)30-12-20-35(42-9)28(24-30)22-23-38(4)5/h10-21,24-25H,22-23,26H2,1-9H3/q+1/p+1. The van der Waals surface area contributed by atoms with Gasteiger partial charge in [0.2, 0.25) is 9.84 Å². The molecule has 1 N–H and O–H groups in total. The Balaban J connectivity index is 1.65. The number of hydrogen-bond acceptors (Lipinski definition) is 4. The molecular weight excluding hydrogens is 568 g/mol. The number of likely N-dealkylation sites (N-methyl/N-ethyl adjacent to an activating group) is 1. The lowest BCUT2D eigenvalue weighted by Crippen LogP contribution is -3.05. The molecule has 0 fully saturated rings. The molecule has 0 aliphatic heterocycles. The molecular formula is C37H48N2O4S+2. The number of ether oxygens (including phenoxy) is 2. The minimum Gasteiger partial charge on any atom is -0.496 e.